The second kappa shape index (κ2) is 6.60. The average Bonchev–Trinajstić information content (AvgIpc) is 2.09. The Labute approximate surface area is 115 Å². The van der Waals surface area contributed by atoms with E-state index in [4.69, 9.17) is 4.74 Å². The van der Waals surface area contributed by atoms with Gasteiger partial charge in [0.1, 0.15) is 5.60 Å². The summed E-state index contributed by atoms with van der Waals surface area (Å²) in [5.74, 6) is 0.143. The molecule has 0 aliphatic rings. The Balaban J connectivity index is 4.72. The Bertz CT molecular complexity index is 297. The van der Waals surface area contributed by atoms with E-state index in [0.29, 0.717) is 0 Å². The summed E-state index contributed by atoms with van der Waals surface area (Å²) in [6.45, 7) is 13.4. The molecule has 4 heteroatoms. The van der Waals surface area contributed by atoms with Crippen molar-refractivity contribution in [1.29, 1.82) is 0 Å². The summed E-state index contributed by atoms with van der Waals surface area (Å²) < 4.78 is 5.29. The molecular weight excluding hydrogens is 248 g/mol. The van der Waals surface area contributed by atoms with Crippen LogP contribution in [0, 0.1) is 11.3 Å². The van der Waals surface area contributed by atoms with Crippen LogP contribution in [0.4, 0.5) is 0 Å². The molecule has 0 bridgehead atoms. The van der Waals surface area contributed by atoms with E-state index in [1.54, 1.807) is 0 Å². The molecule has 1 atom stereocenters. The fraction of sp³-hybridized carbons (Fsp3) is 0.857. The second-order valence-corrected chi connectivity index (χ2v) is 7.73. The van der Waals surface area contributed by atoms with E-state index >= 15 is 0 Å². The molecule has 0 unspecified atom stereocenters. The zero-order valence-corrected chi connectivity index (χ0v) is 13.4. The largest absolute Gasteiger partial charge is 0.460 e. The van der Waals surface area contributed by atoms with Gasteiger partial charge < -0.3 is 4.74 Å². The van der Waals surface area contributed by atoms with Gasteiger partial charge in [0.05, 0.1) is 6.42 Å². The van der Waals surface area contributed by atoms with Gasteiger partial charge in [0.25, 0.3) is 0 Å². The van der Waals surface area contributed by atoms with E-state index < -0.39 is 5.60 Å². The molecule has 0 N–H and O–H groups in total. The molecule has 0 amide bonds. The minimum atomic E-state index is -0.500. The van der Waals surface area contributed by atoms with Gasteiger partial charge >= 0.3 is 5.97 Å². The number of carbonyl (C=O) groups is 2. The number of ether oxygens (including phenoxy) is 1. The molecular formula is C14H26O3S. The molecule has 0 aliphatic heterocycles. The Morgan fingerprint density at radius 1 is 1.11 bits per heavy atom. The quantitative estimate of drug-likeness (QED) is 0.734. The predicted molar refractivity (Wildman–Crippen MR) is 76.5 cm³/mol. The van der Waals surface area contributed by atoms with Gasteiger partial charge in [-0.2, -0.15) is 0 Å². The summed E-state index contributed by atoms with van der Waals surface area (Å²) in [5, 5.41) is 0.0795. The number of esters is 1. The Morgan fingerprint density at radius 2 is 1.61 bits per heavy atom. The molecule has 0 aromatic heterocycles. The molecule has 0 rings (SSSR count). The first-order chi connectivity index (χ1) is 7.97. The number of carbonyl (C=O) groups excluding carboxylic acids is 2. The molecule has 0 fully saturated rings. The van der Waals surface area contributed by atoms with Crippen LogP contribution in [0.25, 0.3) is 0 Å². The van der Waals surface area contributed by atoms with Crippen LogP contribution in [0.5, 0.6) is 0 Å². The highest BCUT2D eigenvalue weighted by Crippen LogP contribution is 2.33. The van der Waals surface area contributed by atoms with Crippen LogP contribution >= 0.6 is 11.8 Å². The van der Waals surface area contributed by atoms with Gasteiger partial charge in [-0.1, -0.05) is 39.5 Å². The third kappa shape index (κ3) is 7.04. The summed E-state index contributed by atoms with van der Waals surface area (Å²) in [5.41, 5.74) is -0.726. The molecule has 0 spiro atoms. The van der Waals surface area contributed by atoms with Crippen molar-refractivity contribution in [1.82, 2.24) is 0 Å². The number of hydrogen-bond donors (Lipinski definition) is 0. The molecule has 0 aromatic carbocycles. The lowest BCUT2D eigenvalue weighted by atomic mass is 9.79. The lowest BCUT2D eigenvalue weighted by Crippen LogP contribution is -2.32. The highest BCUT2D eigenvalue weighted by molar-refractivity contribution is 8.13. The Morgan fingerprint density at radius 3 is 1.94 bits per heavy atom. The topological polar surface area (TPSA) is 43.4 Å². The summed E-state index contributed by atoms with van der Waals surface area (Å²) in [6, 6.07) is 0. The number of hydrogen-bond acceptors (Lipinski definition) is 4. The smallest absolute Gasteiger partial charge is 0.307 e. The molecule has 106 valence electrons. The van der Waals surface area contributed by atoms with Crippen LogP contribution in [0.15, 0.2) is 0 Å². The standard InChI is InChI=1S/C14H26O3S/c1-8-18-12(16)10(13(2,3)4)9-11(15)17-14(5,6)7/h10H,8-9H2,1-7H3/t10-/m1/s1. The molecule has 0 saturated carbocycles. The highest BCUT2D eigenvalue weighted by atomic mass is 32.2. The average molecular weight is 274 g/mol. The van der Waals surface area contributed by atoms with Crippen molar-refractivity contribution in [2.75, 3.05) is 5.75 Å². The lowest BCUT2D eigenvalue weighted by Gasteiger charge is -2.29. The van der Waals surface area contributed by atoms with Crippen LogP contribution < -0.4 is 0 Å². The minimum Gasteiger partial charge on any atom is -0.460 e. The van der Waals surface area contributed by atoms with E-state index in [2.05, 4.69) is 0 Å². The molecule has 3 nitrogen and oxygen atoms in total. The first kappa shape index (κ1) is 17.5. The van der Waals surface area contributed by atoms with E-state index in [9.17, 15) is 9.59 Å². The van der Waals surface area contributed by atoms with Crippen LogP contribution in [0.1, 0.15) is 54.9 Å². The van der Waals surface area contributed by atoms with Gasteiger partial charge in [-0.25, -0.2) is 0 Å². The summed E-state index contributed by atoms with van der Waals surface area (Å²) >= 11 is 1.28. The normalized spacial score (nSPS) is 14.2. The molecule has 0 radical (unpaired) electrons. The van der Waals surface area contributed by atoms with Gasteiger partial charge in [0.15, 0.2) is 5.12 Å². The fourth-order valence-electron chi connectivity index (χ4n) is 1.54. The van der Waals surface area contributed by atoms with E-state index in [1.807, 2.05) is 48.5 Å². The van der Waals surface area contributed by atoms with Crippen molar-refractivity contribution >= 4 is 22.8 Å². The first-order valence-electron chi connectivity index (χ1n) is 6.36. The predicted octanol–water partition coefficient (Wildman–Crippen LogP) is 3.66. The zero-order valence-electron chi connectivity index (χ0n) is 12.6. The number of thioether (sulfide) groups is 1. The van der Waals surface area contributed by atoms with Crippen molar-refractivity contribution in [2.24, 2.45) is 11.3 Å². The van der Waals surface area contributed by atoms with Gasteiger partial charge in [-0.15, -0.1) is 0 Å². The SMILES string of the molecule is CCSC(=O)[C@@H](CC(=O)OC(C)(C)C)C(C)(C)C. The van der Waals surface area contributed by atoms with Crippen molar-refractivity contribution in [3.05, 3.63) is 0 Å². The zero-order chi connectivity index (χ0) is 14.6. The summed E-state index contributed by atoms with van der Waals surface area (Å²) in [6.07, 6.45) is 0.159. The van der Waals surface area contributed by atoms with Crippen molar-refractivity contribution in [2.45, 2.75) is 60.5 Å². The Hall–Kier alpha value is -0.510. The summed E-state index contributed by atoms with van der Waals surface area (Å²) in [4.78, 5) is 23.9. The van der Waals surface area contributed by atoms with E-state index in [1.165, 1.54) is 11.8 Å². The Kier molecular flexibility index (Phi) is 6.41. The maximum atomic E-state index is 12.0. The molecule has 0 aliphatic carbocycles. The molecule has 0 saturated heterocycles. The minimum absolute atomic E-state index is 0.0795. The van der Waals surface area contributed by atoms with Gasteiger partial charge in [0, 0.05) is 5.92 Å². The first-order valence-corrected chi connectivity index (χ1v) is 7.34. The maximum absolute atomic E-state index is 12.0. The number of rotatable bonds is 4. The van der Waals surface area contributed by atoms with Crippen LogP contribution in [0.2, 0.25) is 0 Å². The molecule has 0 aromatic rings. The lowest BCUT2D eigenvalue weighted by molar-refractivity contribution is -0.157. The molecule has 0 heterocycles. The van der Waals surface area contributed by atoms with Crippen LogP contribution in [0.3, 0.4) is 0 Å². The van der Waals surface area contributed by atoms with Gasteiger partial charge in [-0.05, 0) is 31.9 Å². The van der Waals surface area contributed by atoms with Gasteiger partial charge in [0.2, 0.25) is 0 Å². The summed E-state index contributed by atoms with van der Waals surface area (Å²) in [7, 11) is 0. The van der Waals surface area contributed by atoms with Gasteiger partial charge in [-0.3, -0.25) is 9.59 Å². The maximum Gasteiger partial charge on any atom is 0.307 e. The second-order valence-electron chi connectivity index (χ2n) is 6.46. The van der Waals surface area contributed by atoms with Crippen molar-refractivity contribution < 1.29 is 14.3 Å². The third-order valence-electron chi connectivity index (χ3n) is 2.41. The van der Waals surface area contributed by atoms with E-state index in [-0.39, 0.29) is 28.8 Å². The highest BCUT2D eigenvalue weighted by Gasteiger charge is 2.34. The van der Waals surface area contributed by atoms with Crippen LogP contribution in [-0.2, 0) is 14.3 Å². The monoisotopic (exact) mass is 274 g/mol. The fourth-order valence-corrected chi connectivity index (χ4v) is 2.46. The third-order valence-corrected chi connectivity index (χ3v) is 3.27. The van der Waals surface area contributed by atoms with Crippen molar-refractivity contribution in [3.8, 4) is 0 Å². The van der Waals surface area contributed by atoms with E-state index in [0.717, 1.165) is 5.75 Å². The van der Waals surface area contributed by atoms with Crippen LogP contribution in [-0.4, -0.2) is 22.4 Å². The molecule has 18 heavy (non-hydrogen) atoms. The van der Waals surface area contributed by atoms with Crippen molar-refractivity contribution in [3.63, 3.8) is 0 Å².